The molecule has 2 heterocycles. The lowest BCUT2D eigenvalue weighted by Gasteiger charge is -2.08. The molecule has 0 fully saturated rings. The summed E-state index contributed by atoms with van der Waals surface area (Å²) in [6.07, 6.45) is 0.257. The maximum Gasteiger partial charge on any atom is 0.126 e. The zero-order valence-electron chi connectivity index (χ0n) is 8.60. The summed E-state index contributed by atoms with van der Waals surface area (Å²) in [7, 11) is 0. The minimum Gasteiger partial charge on any atom is -0.382 e. The van der Waals surface area contributed by atoms with Gasteiger partial charge in [-0.3, -0.25) is 0 Å². The van der Waals surface area contributed by atoms with Gasteiger partial charge in [-0.05, 0) is 41.9 Å². The second-order valence-electron chi connectivity index (χ2n) is 3.31. The highest BCUT2D eigenvalue weighted by atomic mass is 32.1. The highest BCUT2D eigenvalue weighted by Crippen LogP contribution is 2.32. The van der Waals surface area contributed by atoms with Crippen LogP contribution in [0.2, 0.25) is 0 Å². The van der Waals surface area contributed by atoms with Crippen molar-refractivity contribution in [2.24, 2.45) is 0 Å². The quantitative estimate of drug-likeness (QED) is 0.896. The molecule has 2 aromatic heterocycles. The second-order valence-corrected chi connectivity index (χ2v) is 5.04. The van der Waals surface area contributed by atoms with E-state index in [4.69, 9.17) is 0 Å². The number of hydrogen-bond donors (Lipinski definition) is 1. The first-order chi connectivity index (χ1) is 7.24. The van der Waals surface area contributed by atoms with E-state index in [0.717, 1.165) is 27.4 Å². The van der Waals surface area contributed by atoms with E-state index in [1.165, 1.54) is 11.5 Å². The van der Waals surface area contributed by atoms with E-state index in [0.29, 0.717) is 0 Å². The Bertz CT molecular complexity index is 450. The Morgan fingerprint density at radius 1 is 1.47 bits per heavy atom. The van der Waals surface area contributed by atoms with Crippen LogP contribution in [0.5, 0.6) is 0 Å². The smallest absolute Gasteiger partial charge is 0.126 e. The van der Waals surface area contributed by atoms with E-state index in [9.17, 15) is 5.11 Å². The van der Waals surface area contributed by atoms with Crippen molar-refractivity contribution in [2.75, 3.05) is 0 Å². The molecule has 1 unspecified atom stereocenters. The molecule has 2 rings (SSSR count). The molecule has 3 nitrogen and oxygen atoms in total. The first kappa shape index (κ1) is 10.7. The van der Waals surface area contributed by atoms with Crippen molar-refractivity contribution in [3.63, 3.8) is 0 Å². The van der Waals surface area contributed by atoms with Crippen molar-refractivity contribution in [3.8, 4) is 0 Å². The van der Waals surface area contributed by atoms with Crippen LogP contribution in [0.1, 0.15) is 34.0 Å². The van der Waals surface area contributed by atoms with Gasteiger partial charge in [0.1, 0.15) is 6.10 Å². The van der Waals surface area contributed by atoms with Gasteiger partial charge in [0.05, 0.1) is 10.6 Å². The summed E-state index contributed by atoms with van der Waals surface area (Å²) in [6.45, 7) is 4.03. The van der Waals surface area contributed by atoms with E-state index in [2.05, 4.69) is 9.59 Å². The monoisotopic (exact) mass is 240 g/mol. The Hall–Kier alpha value is -0.780. The van der Waals surface area contributed by atoms with Crippen molar-refractivity contribution < 1.29 is 5.11 Å². The molecule has 1 atom stereocenters. The van der Waals surface area contributed by atoms with Gasteiger partial charge in [-0.2, -0.15) is 0 Å². The van der Waals surface area contributed by atoms with E-state index < -0.39 is 6.10 Å². The average Bonchev–Trinajstić information content (AvgIpc) is 2.84. The Kier molecular flexibility index (Phi) is 3.14. The molecule has 15 heavy (non-hydrogen) atoms. The van der Waals surface area contributed by atoms with Crippen molar-refractivity contribution in [1.82, 2.24) is 9.59 Å². The standard InChI is InChI=1S/C10H12N2OS2/c1-3-7-10(15-12-11-7)8(13)9-6(2)4-5-14-9/h4-5,8,13H,3H2,1-2H3. The van der Waals surface area contributed by atoms with Gasteiger partial charge in [-0.1, -0.05) is 11.4 Å². The van der Waals surface area contributed by atoms with E-state index in [-0.39, 0.29) is 0 Å². The molecule has 0 spiro atoms. The lowest BCUT2D eigenvalue weighted by molar-refractivity contribution is 0.226. The van der Waals surface area contributed by atoms with Gasteiger partial charge in [-0.25, -0.2) is 0 Å². The van der Waals surface area contributed by atoms with Crippen molar-refractivity contribution in [2.45, 2.75) is 26.4 Å². The second kappa shape index (κ2) is 4.38. The summed E-state index contributed by atoms with van der Waals surface area (Å²) >= 11 is 2.86. The van der Waals surface area contributed by atoms with Crippen LogP contribution in [0, 0.1) is 6.92 Å². The van der Waals surface area contributed by atoms with E-state index >= 15 is 0 Å². The van der Waals surface area contributed by atoms with Gasteiger partial charge in [-0.15, -0.1) is 16.4 Å². The molecule has 80 valence electrons. The van der Waals surface area contributed by atoms with Crippen LogP contribution < -0.4 is 0 Å². The predicted molar refractivity (Wildman–Crippen MR) is 62.4 cm³/mol. The number of nitrogens with zero attached hydrogens (tertiary/aromatic N) is 2. The average molecular weight is 240 g/mol. The van der Waals surface area contributed by atoms with Gasteiger partial charge in [0.15, 0.2) is 0 Å². The van der Waals surface area contributed by atoms with E-state index in [1.807, 2.05) is 25.3 Å². The minimum atomic E-state index is -0.556. The summed E-state index contributed by atoms with van der Waals surface area (Å²) in [5.74, 6) is 0. The van der Waals surface area contributed by atoms with Crippen LogP contribution in [-0.4, -0.2) is 14.7 Å². The molecule has 0 radical (unpaired) electrons. The van der Waals surface area contributed by atoms with E-state index in [1.54, 1.807) is 11.3 Å². The van der Waals surface area contributed by atoms with Crippen LogP contribution in [0.4, 0.5) is 0 Å². The summed E-state index contributed by atoms with van der Waals surface area (Å²) in [4.78, 5) is 1.87. The number of aliphatic hydroxyl groups is 1. The third-order valence-corrected chi connectivity index (χ3v) is 4.21. The number of aromatic nitrogens is 2. The molecule has 1 N–H and O–H groups in total. The molecule has 0 aliphatic carbocycles. The molecule has 0 aliphatic heterocycles. The zero-order chi connectivity index (χ0) is 10.8. The number of aliphatic hydroxyl groups excluding tert-OH is 1. The zero-order valence-corrected chi connectivity index (χ0v) is 10.2. The first-order valence-electron chi connectivity index (χ1n) is 4.77. The molecule has 0 amide bonds. The normalized spacial score (nSPS) is 13.0. The highest BCUT2D eigenvalue weighted by Gasteiger charge is 2.20. The van der Waals surface area contributed by atoms with Gasteiger partial charge in [0, 0.05) is 4.88 Å². The topological polar surface area (TPSA) is 46.0 Å². The summed E-state index contributed by atoms with van der Waals surface area (Å²) in [5, 5.41) is 16.2. The Morgan fingerprint density at radius 2 is 2.27 bits per heavy atom. The lowest BCUT2D eigenvalue weighted by Crippen LogP contribution is -1.99. The van der Waals surface area contributed by atoms with Crippen LogP contribution in [0.3, 0.4) is 0 Å². The summed E-state index contributed by atoms with van der Waals surface area (Å²) in [6, 6.07) is 2.02. The molecule has 0 saturated heterocycles. The van der Waals surface area contributed by atoms with Gasteiger partial charge in [0.2, 0.25) is 0 Å². The fourth-order valence-electron chi connectivity index (χ4n) is 1.45. The Labute approximate surface area is 96.6 Å². The lowest BCUT2D eigenvalue weighted by atomic mass is 10.1. The molecular formula is C10H12N2OS2. The van der Waals surface area contributed by atoms with Gasteiger partial charge < -0.3 is 5.11 Å². The molecule has 5 heteroatoms. The number of aryl methyl sites for hydroxylation is 2. The number of rotatable bonds is 3. The number of hydrogen-bond acceptors (Lipinski definition) is 5. The maximum absolute atomic E-state index is 10.2. The molecule has 0 aliphatic rings. The van der Waals surface area contributed by atoms with Crippen LogP contribution in [0.15, 0.2) is 11.4 Å². The fraction of sp³-hybridized carbons (Fsp3) is 0.400. The molecular weight excluding hydrogens is 228 g/mol. The van der Waals surface area contributed by atoms with Gasteiger partial charge >= 0.3 is 0 Å². The van der Waals surface area contributed by atoms with Crippen molar-refractivity contribution >= 4 is 22.9 Å². The molecule has 0 saturated carbocycles. The van der Waals surface area contributed by atoms with Crippen LogP contribution in [0.25, 0.3) is 0 Å². The Balaban J connectivity index is 2.36. The first-order valence-corrected chi connectivity index (χ1v) is 6.42. The van der Waals surface area contributed by atoms with Crippen LogP contribution in [-0.2, 0) is 6.42 Å². The largest absolute Gasteiger partial charge is 0.382 e. The molecule has 2 aromatic rings. The third-order valence-electron chi connectivity index (χ3n) is 2.32. The third kappa shape index (κ3) is 1.95. The summed E-state index contributed by atoms with van der Waals surface area (Å²) in [5.41, 5.74) is 2.03. The van der Waals surface area contributed by atoms with Crippen molar-refractivity contribution in [1.29, 1.82) is 0 Å². The predicted octanol–water partition coefficient (Wildman–Crippen LogP) is 2.55. The Morgan fingerprint density at radius 3 is 2.87 bits per heavy atom. The minimum absolute atomic E-state index is 0.556. The highest BCUT2D eigenvalue weighted by molar-refractivity contribution is 7.10. The van der Waals surface area contributed by atoms with Crippen molar-refractivity contribution in [3.05, 3.63) is 32.5 Å². The SMILES string of the molecule is CCc1nnsc1C(O)c1sccc1C. The van der Waals surface area contributed by atoms with Gasteiger partial charge in [0.25, 0.3) is 0 Å². The number of thiophene rings is 1. The van der Waals surface area contributed by atoms with Crippen LogP contribution >= 0.6 is 22.9 Å². The maximum atomic E-state index is 10.2. The summed E-state index contributed by atoms with van der Waals surface area (Å²) < 4.78 is 3.89. The molecule has 0 aromatic carbocycles. The molecule has 0 bridgehead atoms. The fourth-order valence-corrected chi connectivity index (χ4v) is 3.18.